The molecule has 0 radical (unpaired) electrons. The Labute approximate surface area is 137 Å². The fourth-order valence-electron chi connectivity index (χ4n) is 3.07. The molecule has 0 aliphatic carbocycles. The average molecular weight is 333 g/mol. The Kier molecular flexibility index (Phi) is 3.68. The number of benzene rings is 1. The van der Waals surface area contributed by atoms with Gasteiger partial charge in [-0.15, -0.1) is 10.2 Å². The van der Waals surface area contributed by atoms with Crippen LogP contribution in [0.15, 0.2) is 22.6 Å². The lowest BCUT2D eigenvalue weighted by Crippen LogP contribution is -2.49. The molecule has 0 bridgehead atoms. The SMILES string of the molecule is Cc1nnc([C@@H]2COCCN2C(=O)[C@@H]2Cc3cccc(F)c3O2)o1. The molecular weight excluding hydrogens is 317 g/mol. The maximum atomic E-state index is 13.8. The topological polar surface area (TPSA) is 77.7 Å². The van der Waals surface area contributed by atoms with Crippen LogP contribution in [0.25, 0.3) is 0 Å². The molecule has 1 fully saturated rings. The summed E-state index contributed by atoms with van der Waals surface area (Å²) in [4.78, 5) is 14.5. The lowest BCUT2D eigenvalue weighted by molar-refractivity contribution is -0.148. The Bertz CT molecular complexity index is 778. The van der Waals surface area contributed by atoms with Crippen LogP contribution >= 0.6 is 0 Å². The molecule has 1 amide bonds. The molecule has 2 aromatic rings. The summed E-state index contributed by atoms with van der Waals surface area (Å²) in [7, 11) is 0. The van der Waals surface area contributed by atoms with Crippen LogP contribution in [-0.2, 0) is 16.0 Å². The Morgan fingerprint density at radius 2 is 2.25 bits per heavy atom. The summed E-state index contributed by atoms with van der Waals surface area (Å²) < 4.78 is 30.3. The van der Waals surface area contributed by atoms with Crippen LogP contribution in [0.5, 0.6) is 5.75 Å². The van der Waals surface area contributed by atoms with Crippen LogP contribution in [0.1, 0.15) is 23.4 Å². The number of amides is 1. The molecule has 1 aromatic carbocycles. The van der Waals surface area contributed by atoms with Gasteiger partial charge in [0.1, 0.15) is 6.04 Å². The Morgan fingerprint density at radius 1 is 1.38 bits per heavy atom. The van der Waals surface area contributed by atoms with E-state index in [9.17, 15) is 9.18 Å². The summed E-state index contributed by atoms with van der Waals surface area (Å²) in [6.45, 7) is 2.78. The van der Waals surface area contributed by atoms with E-state index in [0.29, 0.717) is 36.9 Å². The highest BCUT2D eigenvalue weighted by atomic mass is 19.1. The van der Waals surface area contributed by atoms with Crippen LogP contribution in [0.3, 0.4) is 0 Å². The van der Waals surface area contributed by atoms with Crippen molar-refractivity contribution >= 4 is 5.91 Å². The van der Waals surface area contributed by atoms with E-state index in [2.05, 4.69) is 10.2 Å². The first kappa shape index (κ1) is 15.1. The summed E-state index contributed by atoms with van der Waals surface area (Å²) in [5.74, 6) is 0.245. The second-order valence-corrected chi connectivity index (χ2v) is 5.82. The van der Waals surface area contributed by atoms with Crippen LogP contribution in [0.2, 0.25) is 0 Å². The zero-order valence-corrected chi connectivity index (χ0v) is 13.1. The summed E-state index contributed by atoms with van der Waals surface area (Å²) in [5.41, 5.74) is 0.701. The largest absolute Gasteiger partial charge is 0.477 e. The molecule has 7 nitrogen and oxygen atoms in total. The van der Waals surface area contributed by atoms with Crippen molar-refractivity contribution in [3.05, 3.63) is 41.4 Å². The van der Waals surface area contributed by atoms with Gasteiger partial charge in [0.05, 0.1) is 13.2 Å². The highest BCUT2D eigenvalue weighted by molar-refractivity contribution is 5.83. The van der Waals surface area contributed by atoms with Crippen molar-refractivity contribution in [3.8, 4) is 5.75 Å². The van der Waals surface area contributed by atoms with Crippen molar-refractivity contribution in [2.45, 2.75) is 25.5 Å². The summed E-state index contributed by atoms with van der Waals surface area (Å²) >= 11 is 0. The molecule has 1 saturated heterocycles. The number of carbonyl (C=O) groups is 1. The van der Waals surface area contributed by atoms with Gasteiger partial charge in [0.15, 0.2) is 17.7 Å². The first-order valence-corrected chi connectivity index (χ1v) is 7.76. The Balaban J connectivity index is 1.56. The monoisotopic (exact) mass is 333 g/mol. The van der Waals surface area contributed by atoms with Crippen molar-refractivity contribution in [2.75, 3.05) is 19.8 Å². The zero-order chi connectivity index (χ0) is 16.7. The van der Waals surface area contributed by atoms with Crippen molar-refractivity contribution in [3.63, 3.8) is 0 Å². The van der Waals surface area contributed by atoms with Gasteiger partial charge in [-0.25, -0.2) is 4.39 Å². The number of para-hydroxylation sites is 1. The van der Waals surface area contributed by atoms with Crippen molar-refractivity contribution in [1.82, 2.24) is 15.1 Å². The van der Waals surface area contributed by atoms with E-state index in [1.54, 1.807) is 24.0 Å². The number of rotatable bonds is 2. The average Bonchev–Trinajstić information content (AvgIpc) is 3.21. The van der Waals surface area contributed by atoms with Gasteiger partial charge in [0.2, 0.25) is 11.8 Å². The maximum Gasteiger partial charge on any atom is 0.264 e. The Hall–Kier alpha value is -2.48. The van der Waals surface area contributed by atoms with Gasteiger partial charge in [-0.1, -0.05) is 12.1 Å². The minimum absolute atomic E-state index is 0.161. The van der Waals surface area contributed by atoms with Crippen LogP contribution in [0, 0.1) is 12.7 Å². The van der Waals surface area contributed by atoms with Gasteiger partial charge in [-0.05, 0) is 6.07 Å². The lowest BCUT2D eigenvalue weighted by atomic mass is 10.1. The smallest absolute Gasteiger partial charge is 0.264 e. The summed E-state index contributed by atoms with van der Waals surface area (Å²) in [6.07, 6.45) is -0.402. The van der Waals surface area contributed by atoms with Gasteiger partial charge >= 0.3 is 0 Å². The van der Waals surface area contributed by atoms with Gasteiger partial charge < -0.3 is 18.8 Å². The fraction of sp³-hybridized carbons (Fsp3) is 0.438. The van der Waals surface area contributed by atoms with E-state index in [0.717, 1.165) is 0 Å². The molecule has 4 rings (SSSR count). The van der Waals surface area contributed by atoms with Crippen molar-refractivity contribution in [2.24, 2.45) is 0 Å². The minimum Gasteiger partial charge on any atom is -0.477 e. The fourth-order valence-corrected chi connectivity index (χ4v) is 3.07. The number of morpholine rings is 1. The number of carbonyl (C=O) groups excluding carboxylic acids is 1. The molecule has 3 heterocycles. The van der Waals surface area contributed by atoms with E-state index in [4.69, 9.17) is 13.9 Å². The third kappa shape index (κ3) is 2.52. The number of ether oxygens (including phenoxy) is 2. The first-order valence-electron chi connectivity index (χ1n) is 7.76. The van der Waals surface area contributed by atoms with Gasteiger partial charge in [-0.3, -0.25) is 4.79 Å². The number of nitrogens with zero attached hydrogens (tertiary/aromatic N) is 3. The molecule has 0 unspecified atom stereocenters. The second kappa shape index (κ2) is 5.86. The van der Waals surface area contributed by atoms with Gasteiger partial charge in [0.25, 0.3) is 5.91 Å². The third-order valence-electron chi connectivity index (χ3n) is 4.23. The standard InChI is InChI=1S/C16H16FN3O4/c1-9-18-19-15(23-9)12-8-22-6-5-20(12)16(21)13-7-10-3-2-4-11(17)14(10)24-13/h2-4,12-13H,5-8H2,1H3/t12-,13-/m0/s1. The lowest BCUT2D eigenvalue weighted by Gasteiger charge is -2.34. The predicted molar refractivity (Wildman–Crippen MR) is 78.8 cm³/mol. The highest BCUT2D eigenvalue weighted by Gasteiger charge is 2.39. The molecular formula is C16H16FN3O4. The molecule has 0 N–H and O–H groups in total. The van der Waals surface area contributed by atoms with Crippen LogP contribution < -0.4 is 4.74 Å². The quantitative estimate of drug-likeness (QED) is 0.827. The number of aryl methyl sites for hydroxylation is 1. The van der Waals surface area contributed by atoms with E-state index in [1.807, 2.05) is 0 Å². The third-order valence-corrected chi connectivity index (χ3v) is 4.23. The van der Waals surface area contributed by atoms with Crippen LogP contribution in [0.4, 0.5) is 4.39 Å². The van der Waals surface area contributed by atoms with Crippen LogP contribution in [-0.4, -0.2) is 46.9 Å². The van der Waals surface area contributed by atoms with Gasteiger partial charge in [-0.2, -0.15) is 0 Å². The number of hydrogen-bond acceptors (Lipinski definition) is 6. The number of fused-ring (bicyclic) bond motifs is 1. The summed E-state index contributed by atoms with van der Waals surface area (Å²) in [5, 5.41) is 7.80. The van der Waals surface area contributed by atoms with Crippen molar-refractivity contribution < 1.29 is 23.1 Å². The number of halogens is 1. The molecule has 2 aliphatic rings. The molecule has 126 valence electrons. The molecule has 2 atom stereocenters. The van der Waals surface area contributed by atoms with E-state index in [1.165, 1.54) is 6.07 Å². The van der Waals surface area contributed by atoms with Crippen molar-refractivity contribution in [1.29, 1.82) is 0 Å². The molecule has 0 spiro atoms. The number of aromatic nitrogens is 2. The highest BCUT2D eigenvalue weighted by Crippen LogP contribution is 2.33. The van der Waals surface area contributed by atoms with E-state index >= 15 is 0 Å². The zero-order valence-electron chi connectivity index (χ0n) is 13.1. The first-order chi connectivity index (χ1) is 11.6. The Morgan fingerprint density at radius 3 is 3.00 bits per heavy atom. The molecule has 24 heavy (non-hydrogen) atoms. The maximum absolute atomic E-state index is 13.8. The van der Waals surface area contributed by atoms with E-state index < -0.39 is 18.0 Å². The second-order valence-electron chi connectivity index (χ2n) is 5.82. The normalized spacial score (nSPS) is 23.0. The molecule has 0 saturated carbocycles. The molecule has 8 heteroatoms. The number of hydrogen-bond donors (Lipinski definition) is 0. The summed E-state index contributed by atoms with van der Waals surface area (Å²) in [6, 6.07) is 4.25. The predicted octanol–water partition coefficient (Wildman–Crippen LogP) is 1.42. The van der Waals surface area contributed by atoms with Gasteiger partial charge in [0, 0.05) is 25.5 Å². The molecule has 2 aliphatic heterocycles. The van der Waals surface area contributed by atoms with E-state index in [-0.39, 0.29) is 18.3 Å². The molecule has 1 aromatic heterocycles. The minimum atomic E-state index is -0.749.